The first kappa shape index (κ1) is 13.6. The van der Waals surface area contributed by atoms with Crippen LogP contribution in [0.4, 0.5) is 5.69 Å². The Morgan fingerprint density at radius 1 is 1.00 bits per heavy atom. The molecular weight excluding hydrogens is 234 g/mol. The minimum atomic E-state index is -0.485. The zero-order valence-electron chi connectivity index (χ0n) is 11.8. The summed E-state index contributed by atoms with van der Waals surface area (Å²) in [5.41, 5.74) is 5.61. The van der Waals surface area contributed by atoms with Gasteiger partial charge >= 0.3 is 0 Å². The summed E-state index contributed by atoms with van der Waals surface area (Å²) in [6.07, 6.45) is -0.485. The molecule has 0 spiro atoms. The van der Waals surface area contributed by atoms with E-state index >= 15 is 0 Å². The molecule has 2 aromatic rings. The molecule has 1 atom stereocenters. The van der Waals surface area contributed by atoms with E-state index in [0.29, 0.717) is 6.54 Å². The van der Waals surface area contributed by atoms with Crippen LogP contribution in [0, 0.1) is 20.8 Å². The number of anilines is 1. The van der Waals surface area contributed by atoms with Crippen molar-refractivity contribution in [2.24, 2.45) is 0 Å². The largest absolute Gasteiger partial charge is 0.387 e. The van der Waals surface area contributed by atoms with Crippen molar-refractivity contribution in [3.63, 3.8) is 0 Å². The Balaban J connectivity index is 2.03. The maximum absolute atomic E-state index is 10.3. The summed E-state index contributed by atoms with van der Waals surface area (Å²) in [4.78, 5) is 0. The molecule has 0 saturated heterocycles. The van der Waals surface area contributed by atoms with Gasteiger partial charge in [-0.15, -0.1) is 0 Å². The molecule has 0 saturated carbocycles. The Morgan fingerprint density at radius 3 is 2.42 bits per heavy atom. The maximum Gasteiger partial charge on any atom is 0.0964 e. The molecule has 100 valence electrons. The molecule has 0 aliphatic heterocycles. The minimum Gasteiger partial charge on any atom is -0.387 e. The van der Waals surface area contributed by atoms with E-state index in [1.807, 2.05) is 31.2 Å². The minimum absolute atomic E-state index is 0.485. The van der Waals surface area contributed by atoms with Crippen LogP contribution in [0.25, 0.3) is 0 Å². The average molecular weight is 255 g/mol. The van der Waals surface area contributed by atoms with Gasteiger partial charge in [0.05, 0.1) is 6.10 Å². The molecule has 2 rings (SSSR count). The van der Waals surface area contributed by atoms with Gasteiger partial charge in [0.2, 0.25) is 0 Å². The molecule has 0 aliphatic rings. The highest BCUT2D eigenvalue weighted by molar-refractivity contribution is 5.46. The number of hydrogen-bond donors (Lipinski definition) is 2. The van der Waals surface area contributed by atoms with Gasteiger partial charge in [0, 0.05) is 12.2 Å². The Bertz CT molecular complexity index is 563. The molecule has 2 nitrogen and oxygen atoms in total. The molecule has 0 radical (unpaired) electrons. The fourth-order valence-electron chi connectivity index (χ4n) is 2.28. The first-order valence-electron chi connectivity index (χ1n) is 6.62. The molecule has 0 aromatic heterocycles. The van der Waals surface area contributed by atoms with Gasteiger partial charge in [0.25, 0.3) is 0 Å². The third-order valence-corrected chi connectivity index (χ3v) is 3.30. The highest BCUT2D eigenvalue weighted by Gasteiger charge is 2.10. The van der Waals surface area contributed by atoms with Crippen molar-refractivity contribution in [1.29, 1.82) is 0 Å². The van der Waals surface area contributed by atoms with E-state index in [1.54, 1.807) is 0 Å². The van der Waals surface area contributed by atoms with Gasteiger partial charge in [-0.3, -0.25) is 0 Å². The summed E-state index contributed by atoms with van der Waals surface area (Å²) in [5.74, 6) is 0. The zero-order chi connectivity index (χ0) is 13.8. The first-order chi connectivity index (χ1) is 9.06. The summed E-state index contributed by atoms with van der Waals surface area (Å²) in [5, 5.41) is 13.5. The second-order valence-corrected chi connectivity index (χ2v) is 5.13. The Kier molecular flexibility index (Phi) is 4.23. The molecule has 0 aliphatic carbocycles. The second kappa shape index (κ2) is 5.89. The van der Waals surface area contributed by atoms with Crippen LogP contribution in [0.15, 0.2) is 42.5 Å². The van der Waals surface area contributed by atoms with Crippen molar-refractivity contribution in [2.75, 3.05) is 11.9 Å². The Morgan fingerprint density at radius 2 is 1.74 bits per heavy atom. The van der Waals surface area contributed by atoms with Crippen molar-refractivity contribution >= 4 is 5.69 Å². The van der Waals surface area contributed by atoms with Gasteiger partial charge in [0.1, 0.15) is 0 Å². The molecule has 0 heterocycles. The third-order valence-electron chi connectivity index (χ3n) is 3.30. The summed E-state index contributed by atoms with van der Waals surface area (Å²) >= 11 is 0. The van der Waals surface area contributed by atoms with Crippen LogP contribution in [0.1, 0.15) is 28.4 Å². The molecule has 2 N–H and O–H groups in total. The summed E-state index contributed by atoms with van der Waals surface area (Å²) in [6.45, 7) is 6.69. The smallest absolute Gasteiger partial charge is 0.0964 e. The van der Waals surface area contributed by atoms with E-state index in [1.165, 1.54) is 11.1 Å². The highest BCUT2D eigenvalue weighted by Crippen LogP contribution is 2.20. The van der Waals surface area contributed by atoms with Crippen LogP contribution < -0.4 is 5.32 Å². The van der Waals surface area contributed by atoms with E-state index in [0.717, 1.165) is 16.8 Å². The van der Waals surface area contributed by atoms with Crippen molar-refractivity contribution in [3.05, 3.63) is 64.7 Å². The molecule has 1 unspecified atom stereocenters. The standard InChI is InChI=1S/C17H21NO/c1-12-5-4-6-15(10-12)18-11-17(19)16-8-7-13(2)9-14(16)3/h4-10,17-19H,11H2,1-3H3. The number of aliphatic hydroxyl groups is 1. The van der Waals surface area contributed by atoms with Crippen molar-refractivity contribution in [1.82, 2.24) is 0 Å². The van der Waals surface area contributed by atoms with Gasteiger partial charge in [-0.25, -0.2) is 0 Å². The number of rotatable bonds is 4. The number of hydrogen-bond acceptors (Lipinski definition) is 2. The lowest BCUT2D eigenvalue weighted by Gasteiger charge is -2.16. The van der Waals surface area contributed by atoms with E-state index in [4.69, 9.17) is 0 Å². The number of aryl methyl sites for hydroxylation is 3. The van der Waals surface area contributed by atoms with Crippen LogP contribution >= 0.6 is 0 Å². The SMILES string of the molecule is Cc1cccc(NCC(O)c2ccc(C)cc2C)c1. The van der Waals surface area contributed by atoms with E-state index < -0.39 is 6.10 Å². The van der Waals surface area contributed by atoms with Crippen LogP contribution in [0.2, 0.25) is 0 Å². The zero-order valence-corrected chi connectivity index (χ0v) is 11.8. The van der Waals surface area contributed by atoms with Crippen molar-refractivity contribution in [2.45, 2.75) is 26.9 Å². The van der Waals surface area contributed by atoms with E-state index in [-0.39, 0.29) is 0 Å². The predicted octanol–water partition coefficient (Wildman–Crippen LogP) is 3.76. The van der Waals surface area contributed by atoms with Crippen molar-refractivity contribution in [3.8, 4) is 0 Å². The Labute approximate surface area is 115 Å². The van der Waals surface area contributed by atoms with Gasteiger partial charge in [0.15, 0.2) is 0 Å². The van der Waals surface area contributed by atoms with Gasteiger partial charge in [-0.1, -0.05) is 35.9 Å². The number of aliphatic hydroxyl groups excluding tert-OH is 1. The number of benzene rings is 2. The lowest BCUT2D eigenvalue weighted by atomic mass is 10.0. The molecule has 0 amide bonds. The molecule has 2 aromatic carbocycles. The molecule has 0 fully saturated rings. The first-order valence-corrected chi connectivity index (χ1v) is 6.62. The molecule has 19 heavy (non-hydrogen) atoms. The molecule has 2 heteroatoms. The van der Waals surface area contributed by atoms with E-state index in [2.05, 4.69) is 37.4 Å². The summed E-state index contributed by atoms with van der Waals surface area (Å²) < 4.78 is 0. The van der Waals surface area contributed by atoms with Crippen LogP contribution in [0.5, 0.6) is 0 Å². The van der Waals surface area contributed by atoms with Gasteiger partial charge in [-0.05, 0) is 49.6 Å². The monoisotopic (exact) mass is 255 g/mol. The van der Waals surface area contributed by atoms with Crippen LogP contribution in [0.3, 0.4) is 0 Å². The predicted molar refractivity (Wildman–Crippen MR) is 80.5 cm³/mol. The topological polar surface area (TPSA) is 32.3 Å². The number of nitrogens with one attached hydrogen (secondary N) is 1. The average Bonchev–Trinajstić information content (AvgIpc) is 2.36. The van der Waals surface area contributed by atoms with Gasteiger partial charge < -0.3 is 10.4 Å². The lowest BCUT2D eigenvalue weighted by molar-refractivity contribution is 0.191. The Hall–Kier alpha value is -1.80. The highest BCUT2D eigenvalue weighted by atomic mass is 16.3. The maximum atomic E-state index is 10.3. The normalized spacial score (nSPS) is 12.2. The fourth-order valence-corrected chi connectivity index (χ4v) is 2.28. The quantitative estimate of drug-likeness (QED) is 0.872. The summed E-state index contributed by atoms with van der Waals surface area (Å²) in [7, 11) is 0. The second-order valence-electron chi connectivity index (χ2n) is 5.13. The van der Waals surface area contributed by atoms with Crippen LogP contribution in [-0.4, -0.2) is 11.7 Å². The van der Waals surface area contributed by atoms with Gasteiger partial charge in [-0.2, -0.15) is 0 Å². The van der Waals surface area contributed by atoms with Crippen LogP contribution in [-0.2, 0) is 0 Å². The van der Waals surface area contributed by atoms with E-state index in [9.17, 15) is 5.11 Å². The molecule has 0 bridgehead atoms. The summed E-state index contributed by atoms with van der Waals surface area (Å²) in [6, 6.07) is 14.3. The fraction of sp³-hybridized carbons (Fsp3) is 0.294. The third kappa shape index (κ3) is 3.58. The van der Waals surface area contributed by atoms with Crippen molar-refractivity contribution < 1.29 is 5.11 Å². The lowest BCUT2D eigenvalue weighted by Crippen LogP contribution is -2.13. The molecular formula is C17H21NO.